The van der Waals surface area contributed by atoms with Gasteiger partial charge in [0.05, 0.1) is 6.04 Å². The van der Waals surface area contributed by atoms with Crippen LogP contribution in [-0.4, -0.2) is 39.4 Å². The number of hydrogen-bond donors (Lipinski definition) is 3. The van der Waals surface area contributed by atoms with Crippen molar-refractivity contribution >= 4 is 33.6 Å². The van der Waals surface area contributed by atoms with E-state index in [2.05, 4.69) is 20.5 Å². The van der Waals surface area contributed by atoms with Gasteiger partial charge in [-0.05, 0) is 56.7 Å². The summed E-state index contributed by atoms with van der Waals surface area (Å²) in [5.74, 6) is -1.19. The van der Waals surface area contributed by atoms with Gasteiger partial charge >= 0.3 is 0 Å². The summed E-state index contributed by atoms with van der Waals surface area (Å²) in [6.07, 6.45) is 1.43. The maximum absolute atomic E-state index is 12.2. The zero-order valence-corrected chi connectivity index (χ0v) is 18.6. The molecule has 1 unspecified atom stereocenters. The van der Waals surface area contributed by atoms with E-state index < -0.39 is 27.9 Å². The van der Waals surface area contributed by atoms with Crippen molar-refractivity contribution in [1.29, 1.82) is 0 Å². The second-order valence-electron chi connectivity index (χ2n) is 6.76. The van der Waals surface area contributed by atoms with Gasteiger partial charge < -0.3 is 4.90 Å². The van der Waals surface area contributed by atoms with Crippen LogP contribution in [0.15, 0.2) is 60.0 Å². The topological polar surface area (TPSA) is 108 Å². The number of hydrogen-bond acceptors (Lipinski definition) is 5. The molecule has 0 aliphatic carbocycles. The van der Waals surface area contributed by atoms with Gasteiger partial charge in [-0.15, -0.1) is 0 Å². The summed E-state index contributed by atoms with van der Waals surface area (Å²) < 4.78 is 26.5. The number of anilines is 1. The SMILES string of the molecule is CCN(CC)c1ccc(C(=O)NNC(=O)C(C)NS(=O)(=O)C=Cc2ccccc2)cc1. The van der Waals surface area contributed by atoms with E-state index in [1.165, 1.54) is 13.0 Å². The molecule has 31 heavy (non-hydrogen) atoms. The number of hydrazine groups is 1. The summed E-state index contributed by atoms with van der Waals surface area (Å²) in [5, 5.41) is 0.988. The predicted molar refractivity (Wildman–Crippen MR) is 123 cm³/mol. The van der Waals surface area contributed by atoms with E-state index in [-0.39, 0.29) is 0 Å². The molecule has 0 radical (unpaired) electrons. The number of benzene rings is 2. The minimum Gasteiger partial charge on any atom is -0.372 e. The molecule has 0 heterocycles. The second kappa shape index (κ2) is 11.3. The minimum atomic E-state index is -3.84. The Morgan fingerprint density at radius 3 is 2.16 bits per heavy atom. The molecule has 0 aliphatic heterocycles. The van der Waals surface area contributed by atoms with Gasteiger partial charge in [-0.3, -0.25) is 20.4 Å². The van der Waals surface area contributed by atoms with Crippen LogP contribution in [0.2, 0.25) is 0 Å². The molecule has 166 valence electrons. The number of sulfonamides is 1. The van der Waals surface area contributed by atoms with Gasteiger partial charge in [-0.2, -0.15) is 4.72 Å². The number of nitrogens with zero attached hydrogens (tertiary/aromatic N) is 1. The third-order valence-corrected chi connectivity index (χ3v) is 5.71. The van der Waals surface area contributed by atoms with Gasteiger partial charge in [0.1, 0.15) is 0 Å². The molecule has 0 saturated carbocycles. The summed E-state index contributed by atoms with van der Waals surface area (Å²) in [7, 11) is -3.84. The molecule has 0 aliphatic rings. The first-order valence-corrected chi connectivity index (χ1v) is 11.5. The van der Waals surface area contributed by atoms with Crippen molar-refractivity contribution in [1.82, 2.24) is 15.6 Å². The molecule has 0 bridgehead atoms. The van der Waals surface area contributed by atoms with E-state index >= 15 is 0 Å². The van der Waals surface area contributed by atoms with E-state index in [1.807, 2.05) is 32.0 Å². The molecule has 1 atom stereocenters. The number of nitrogens with one attached hydrogen (secondary N) is 3. The van der Waals surface area contributed by atoms with E-state index in [4.69, 9.17) is 0 Å². The smallest absolute Gasteiger partial charge is 0.269 e. The molecule has 9 heteroatoms. The average Bonchev–Trinajstić information content (AvgIpc) is 2.77. The van der Waals surface area contributed by atoms with Gasteiger partial charge in [-0.25, -0.2) is 8.42 Å². The first kappa shape index (κ1) is 24.1. The molecule has 3 N–H and O–H groups in total. The first-order chi connectivity index (χ1) is 14.8. The number of rotatable bonds is 9. The predicted octanol–water partition coefficient (Wildman–Crippen LogP) is 2.27. The zero-order chi connectivity index (χ0) is 22.9. The zero-order valence-electron chi connectivity index (χ0n) is 17.8. The van der Waals surface area contributed by atoms with Gasteiger partial charge in [0.25, 0.3) is 11.8 Å². The van der Waals surface area contributed by atoms with Crippen LogP contribution in [-0.2, 0) is 14.8 Å². The van der Waals surface area contributed by atoms with Gasteiger partial charge in [-0.1, -0.05) is 30.3 Å². The monoisotopic (exact) mass is 444 g/mol. The highest BCUT2D eigenvalue weighted by molar-refractivity contribution is 7.92. The Balaban J connectivity index is 1.88. The van der Waals surface area contributed by atoms with Gasteiger partial charge in [0, 0.05) is 29.7 Å². The number of carbonyl (C=O) groups excluding carboxylic acids is 2. The van der Waals surface area contributed by atoms with E-state index in [9.17, 15) is 18.0 Å². The molecule has 2 amide bonds. The molecule has 0 fully saturated rings. The van der Waals surface area contributed by atoms with Crippen LogP contribution in [0.1, 0.15) is 36.7 Å². The summed E-state index contributed by atoms with van der Waals surface area (Å²) in [6, 6.07) is 14.8. The van der Waals surface area contributed by atoms with Crippen LogP contribution in [0.3, 0.4) is 0 Å². The number of amides is 2. The van der Waals surface area contributed by atoms with Gasteiger partial charge in [0.15, 0.2) is 0 Å². The lowest BCUT2D eigenvalue weighted by atomic mass is 10.2. The van der Waals surface area contributed by atoms with Crippen LogP contribution in [0, 0.1) is 0 Å². The summed E-state index contributed by atoms with van der Waals surface area (Å²) in [5.41, 5.74) is 6.61. The van der Waals surface area contributed by atoms with Crippen molar-refractivity contribution in [2.24, 2.45) is 0 Å². The van der Waals surface area contributed by atoms with Crippen molar-refractivity contribution in [3.8, 4) is 0 Å². The maximum atomic E-state index is 12.2. The Morgan fingerprint density at radius 2 is 1.58 bits per heavy atom. The lowest BCUT2D eigenvalue weighted by Gasteiger charge is -2.21. The standard InChI is InChI=1S/C22H28N4O4S/c1-4-26(5-2)20-13-11-19(12-14-20)22(28)24-23-21(27)17(3)25-31(29,30)16-15-18-9-7-6-8-10-18/h6-17,25H,4-5H2,1-3H3,(H,23,27)(H,24,28). The Hall–Kier alpha value is -3.17. The summed E-state index contributed by atoms with van der Waals surface area (Å²) in [6.45, 7) is 7.19. The molecular formula is C22H28N4O4S. The van der Waals surface area contributed by atoms with E-state index in [1.54, 1.807) is 36.4 Å². The highest BCUT2D eigenvalue weighted by Crippen LogP contribution is 2.14. The molecule has 0 spiro atoms. The lowest BCUT2D eigenvalue weighted by Crippen LogP contribution is -2.50. The summed E-state index contributed by atoms with van der Waals surface area (Å²) in [4.78, 5) is 26.6. The van der Waals surface area contributed by atoms with Crippen molar-refractivity contribution in [2.45, 2.75) is 26.8 Å². The van der Waals surface area contributed by atoms with Crippen molar-refractivity contribution < 1.29 is 18.0 Å². The Kier molecular flexibility index (Phi) is 8.77. The average molecular weight is 445 g/mol. The van der Waals surface area contributed by atoms with Crippen molar-refractivity contribution in [3.63, 3.8) is 0 Å². The van der Waals surface area contributed by atoms with Crippen LogP contribution in [0.4, 0.5) is 5.69 Å². The quantitative estimate of drug-likeness (QED) is 0.515. The van der Waals surface area contributed by atoms with E-state index in [0.29, 0.717) is 11.1 Å². The molecule has 2 aromatic carbocycles. The molecule has 2 aromatic rings. The van der Waals surface area contributed by atoms with Gasteiger partial charge in [0.2, 0.25) is 10.0 Å². The molecule has 2 rings (SSSR count). The second-order valence-corrected chi connectivity index (χ2v) is 8.36. The first-order valence-electron chi connectivity index (χ1n) is 9.96. The van der Waals surface area contributed by atoms with E-state index in [0.717, 1.165) is 24.2 Å². The lowest BCUT2D eigenvalue weighted by molar-refractivity contribution is -0.123. The Labute approximate surface area is 183 Å². The molecular weight excluding hydrogens is 416 g/mol. The van der Waals surface area contributed by atoms with Crippen LogP contribution in [0.5, 0.6) is 0 Å². The third-order valence-electron chi connectivity index (χ3n) is 4.53. The van der Waals surface area contributed by atoms with Crippen molar-refractivity contribution in [2.75, 3.05) is 18.0 Å². The normalized spacial score (nSPS) is 12.4. The Bertz CT molecular complexity index is 1000. The molecule has 8 nitrogen and oxygen atoms in total. The fraction of sp³-hybridized carbons (Fsp3) is 0.273. The maximum Gasteiger partial charge on any atom is 0.269 e. The highest BCUT2D eigenvalue weighted by atomic mass is 32.2. The molecule has 0 aromatic heterocycles. The highest BCUT2D eigenvalue weighted by Gasteiger charge is 2.19. The largest absolute Gasteiger partial charge is 0.372 e. The third kappa shape index (κ3) is 7.54. The fourth-order valence-electron chi connectivity index (χ4n) is 2.78. The van der Waals surface area contributed by atoms with Crippen molar-refractivity contribution in [3.05, 3.63) is 71.1 Å². The van der Waals surface area contributed by atoms with Crippen LogP contribution >= 0.6 is 0 Å². The van der Waals surface area contributed by atoms with Crippen LogP contribution in [0.25, 0.3) is 6.08 Å². The summed E-state index contributed by atoms with van der Waals surface area (Å²) >= 11 is 0. The number of carbonyl (C=O) groups is 2. The molecule has 0 saturated heterocycles. The Morgan fingerprint density at radius 1 is 0.968 bits per heavy atom. The minimum absolute atomic E-state index is 0.371. The fourth-order valence-corrected chi connectivity index (χ4v) is 3.80. The van der Waals surface area contributed by atoms with Crippen LogP contribution < -0.4 is 20.5 Å².